The molecule has 6 heteroatoms. The molecule has 0 fully saturated rings. The van der Waals surface area contributed by atoms with E-state index in [4.69, 9.17) is 9.47 Å². The number of benzene rings is 5. The lowest BCUT2D eigenvalue weighted by molar-refractivity contribution is -0.124. The number of carbonyl (C=O) groups excluding carboxylic acids is 2. The lowest BCUT2D eigenvalue weighted by Gasteiger charge is -2.37. The monoisotopic (exact) mass is 570 g/mol. The van der Waals surface area contributed by atoms with Crippen LogP contribution in [0.1, 0.15) is 38.2 Å². The van der Waals surface area contributed by atoms with Gasteiger partial charge in [-0.3, -0.25) is 15.0 Å². The predicted octanol–water partition coefficient (Wildman–Crippen LogP) is 7.03. The predicted molar refractivity (Wildman–Crippen MR) is 170 cm³/mol. The molecule has 0 heterocycles. The van der Waals surface area contributed by atoms with E-state index in [1.165, 1.54) is 5.01 Å². The summed E-state index contributed by atoms with van der Waals surface area (Å²) in [5, 5.41) is 1.30. The van der Waals surface area contributed by atoms with Crippen molar-refractivity contribution < 1.29 is 19.1 Å². The van der Waals surface area contributed by atoms with Gasteiger partial charge in [-0.1, -0.05) is 90.0 Å². The first-order valence-corrected chi connectivity index (χ1v) is 14.0. The summed E-state index contributed by atoms with van der Waals surface area (Å²) >= 11 is 0. The second kappa shape index (κ2) is 12.7. The molecule has 2 amide bonds. The van der Waals surface area contributed by atoms with E-state index in [1.54, 1.807) is 62.8 Å². The van der Waals surface area contributed by atoms with Gasteiger partial charge in [0.15, 0.2) is 0 Å². The van der Waals surface area contributed by atoms with Crippen LogP contribution in [0.4, 0.5) is 5.69 Å². The zero-order valence-electron chi connectivity index (χ0n) is 24.7. The Balaban J connectivity index is 1.72. The Kier molecular flexibility index (Phi) is 8.58. The van der Waals surface area contributed by atoms with Gasteiger partial charge in [0, 0.05) is 5.56 Å². The van der Waals surface area contributed by atoms with E-state index in [1.807, 2.05) is 92.7 Å². The molecule has 0 atom stereocenters. The first-order chi connectivity index (χ1) is 20.9. The van der Waals surface area contributed by atoms with Crippen LogP contribution >= 0.6 is 0 Å². The van der Waals surface area contributed by atoms with Crippen LogP contribution in [0.2, 0.25) is 0 Å². The molecule has 0 aliphatic rings. The SMILES string of the molecule is COc1ccc(N(NC(=O)C(c2ccc(C)cc2)(c2ccc(C)cc2)c2ccc(OC)cc2)C(=O)c2ccccc2)cc1. The van der Waals surface area contributed by atoms with Gasteiger partial charge in [-0.25, -0.2) is 5.01 Å². The van der Waals surface area contributed by atoms with E-state index >= 15 is 4.79 Å². The fourth-order valence-corrected chi connectivity index (χ4v) is 5.20. The van der Waals surface area contributed by atoms with Crippen LogP contribution < -0.4 is 19.9 Å². The molecule has 0 unspecified atom stereocenters. The van der Waals surface area contributed by atoms with E-state index in [0.717, 1.165) is 27.8 Å². The molecule has 5 aromatic rings. The summed E-state index contributed by atoms with van der Waals surface area (Å²) in [6.07, 6.45) is 0. The third kappa shape index (κ3) is 5.86. The average Bonchev–Trinajstić information content (AvgIpc) is 3.06. The highest BCUT2D eigenvalue weighted by atomic mass is 16.5. The van der Waals surface area contributed by atoms with Gasteiger partial charge in [-0.2, -0.15) is 0 Å². The Morgan fingerprint density at radius 3 is 1.44 bits per heavy atom. The molecular weight excluding hydrogens is 536 g/mol. The number of nitrogens with one attached hydrogen (secondary N) is 1. The second-order valence-corrected chi connectivity index (χ2v) is 10.4. The summed E-state index contributed by atoms with van der Waals surface area (Å²) in [7, 11) is 3.19. The van der Waals surface area contributed by atoms with Crippen LogP contribution in [-0.4, -0.2) is 26.0 Å². The van der Waals surface area contributed by atoms with E-state index in [-0.39, 0.29) is 5.91 Å². The molecule has 0 saturated carbocycles. The topological polar surface area (TPSA) is 67.9 Å². The number of hydrogen-bond donors (Lipinski definition) is 1. The molecule has 0 aromatic heterocycles. The first-order valence-electron chi connectivity index (χ1n) is 14.0. The van der Waals surface area contributed by atoms with Gasteiger partial charge in [-0.15, -0.1) is 0 Å². The molecule has 0 aliphatic carbocycles. The van der Waals surface area contributed by atoms with Gasteiger partial charge in [-0.05, 0) is 79.1 Å². The number of amides is 2. The van der Waals surface area contributed by atoms with Gasteiger partial charge in [0.2, 0.25) is 0 Å². The molecule has 6 nitrogen and oxygen atoms in total. The van der Waals surface area contributed by atoms with E-state index < -0.39 is 11.3 Å². The number of hydrogen-bond acceptors (Lipinski definition) is 4. The number of nitrogens with zero attached hydrogens (tertiary/aromatic N) is 1. The normalized spacial score (nSPS) is 11.0. The average molecular weight is 571 g/mol. The summed E-state index contributed by atoms with van der Waals surface area (Å²) in [6, 6.07) is 39.2. The van der Waals surface area contributed by atoms with Crippen LogP contribution in [0.15, 0.2) is 127 Å². The summed E-state index contributed by atoms with van der Waals surface area (Å²) < 4.78 is 10.8. The maximum absolute atomic E-state index is 15.1. The van der Waals surface area contributed by atoms with E-state index in [2.05, 4.69) is 5.43 Å². The quantitative estimate of drug-likeness (QED) is 0.161. The number of carbonyl (C=O) groups is 2. The maximum atomic E-state index is 15.1. The number of anilines is 1. The zero-order chi connectivity index (χ0) is 30.4. The molecule has 43 heavy (non-hydrogen) atoms. The van der Waals surface area contributed by atoms with Crippen LogP contribution in [0.5, 0.6) is 11.5 Å². The van der Waals surface area contributed by atoms with Crippen molar-refractivity contribution in [1.29, 1.82) is 0 Å². The van der Waals surface area contributed by atoms with Crippen molar-refractivity contribution in [3.05, 3.63) is 161 Å². The highest BCUT2D eigenvalue weighted by molar-refractivity contribution is 6.09. The van der Waals surface area contributed by atoms with Gasteiger partial charge >= 0.3 is 0 Å². The minimum Gasteiger partial charge on any atom is -0.497 e. The van der Waals surface area contributed by atoms with Gasteiger partial charge in [0.25, 0.3) is 11.8 Å². The van der Waals surface area contributed by atoms with Crippen LogP contribution in [0.3, 0.4) is 0 Å². The fourth-order valence-electron chi connectivity index (χ4n) is 5.20. The number of aryl methyl sites for hydroxylation is 2. The van der Waals surface area contributed by atoms with E-state index in [0.29, 0.717) is 22.7 Å². The number of ether oxygens (including phenoxy) is 2. The molecule has 0 spiro atoms. The number of rotatable bonds is 8. The minimum absolute atomic E-state index is 0.379. The van der Waals surface area contributed by atoms with Crippen LogP contribution in [-0.2, 0) is 10.2 Å². The van der Waals surface area contributed by atoms with Crippen LogP contribution in [0, 0.1) is 13.8 Å². The first kappa shape index (κ1) is 29.1. The van der Waals surface area contributed by atoms with Gasteiger partial charge in [0.1, 0.15) is 16.9 Å². The highest BCUT2D eigenvalue weighted by Gasteiger charge is 2.45. The van der Waals surface area contributed by atoms with Crippen LogP contribution in [0.25, 0.3) is 0 Å². The number of methoxy groups -OCH3 is 2. The molecule has 0 aliphatic heterocycles. The van der Waals surface area contributed by atoms with Crippen molar-refractivity contribution in [2.75, 3.05) is 19.2 Å². The zero-order valence-corrected chi connectivity index (χ0v) is 24.7. The largest absolute Gasteiger partial charge is 0.497 e. The van der Waals surface area contributed by atoms with Crippen molar-refractivity contribution in [3.63, 3.8) is 0 Å². The molecular formula is C37H34N2O4. The molecule has 216 valence electrons. The Bertz CT molecular complexity index is 1630. The van der Waals surface area contributed by atoms with Crippen molar-refractivity contribution in [2.24, 2.45) is 0 Å². The van der Waals surface area contributed by atoms with E-state index in [9.17, 15) is 4.79 Å². The van der Waals surface area contributed by atoms with Gasteiger partial charge < -0.3 is 9.47 Å². The summed E-state index contributed by atoms with van der Waals surface area (Å²) in [5.41, 5.74) is 6.99. The lowest BCUT2D eigenvalue weighted by atomic mass is 9.68. The summed E-state index contributed by atoms with van der Waals surface area (Å²) in [4.78, 5) is 29.1. The maximum Gasteiger partial charge on any atom is 0.277 e. The highest BCUT2D eigenvalue weighted by Crippen LogP contribution is 2.41. The number of hydrazine groups is 1. The molecule has 0 bridgehead atoms. The Hall–Kier alpha value is -5.36. The molecule has 5 aromatic carbocycles. The molecule has 0 radical (unpaired) electrons. The van der Waals surface area contributed by atoms with Crippen molar-refractivity contribution in [2.45, 2.75) is 19.3 Å². The molecule has 0 saturated heterocycles. The third-order valence-electron chi connectivity index (χ3n) is 7.60. The lowest BCUT2D eigenvalue weighted by Crippen LogP contribution is -2.55. The second-order valence-electron chi connectivity index (χ2n) is 10.4. The molecule has 1 N–H and O–H groups in total. The third-order valence-corrected chi connectivity index (χ3v) is 7.60. The Morgan fingerprint density at radius 2 is 1.00 bits per heavy atom. The van der Waals surface area contributed by atoms with Gasteiger partial charge in [0.05, 0.1) is 19.9 Å². The Labute approximate surface area is 252 Å². The molecule has 5 rings (SSSR count). The fraction of sp³-hybridized carbons (Fsp3) is 0.135. The summed E-state index contributed by atoms with van der Waals surface area (Å²) in [6.45, 7) is 4.02. The smallest absolute Gasteiger partial charge is 0.277 e. The van der Waals surface area contributed by atoms with Crippen molar-refractivity contribution >= 4 is 17.5 Å². The van der Waals surface area contributed by atoms with Crippen molar-refractivity contribution in [1.82, 2.24) is 5.43 Å². The summed E-state index contributed by atoms with van der Waals surface area (Å²) in [5.74, 6) is 0.528. The van der Waals surface area contributed by atoms with Crippen molar-refractivity contribution in [3.8, 4) is 11.5 Å². The standard InChI is InChI=1S/C37H34N2O4/c1-26-10-14-29(15-11-26)37(30-16-12-27(2)13-17-30,31-18-22-33(42-3)23-19-31)36(41)38-39(32-20-24-34(43-4)25-21-32)35(40)28-8-6-5-7-9-28/h5-25H,1-4H3,(H,38,41). The minimum atomic E-state index is -1.32. The Morgan fingerprint density at radius 1 is 0.581 bits per heavy atom.